The molecule has 1 unspecified atom stereocenters. The van der Waals surface area contributed by atoms with Gasteiger partial charge in [0.25, 0.3) is 0 Å². The molecule has 1 heterocycles. The highest BCUT2D eigenvalue weighted by Crippen LogP contribution is 2.70. The number of fused-ring (bicyclic) bond motifs is 1. The van der Waals surface area contributed by atoms with Crippen molar-refractivity contribution in [3.05, 3.63) is 29.8 Å². The van der Waals surface area contributed by atoms with Crippen molar-refractivity contribution in [2.75, 3.05) is 12.9 Å². The molecule has 2 bridgehead atoms. The molecule has 1 amide bonds. The summed E-state index contributed by atoms with van der Waals surface area (Å²) in [5, 5.41) is 3.28. The minimum absolute atomic E-state index is 0.0364. The van der Waals surface area contributed by atoms with Crippen molar-refractivity contribution < 1.29 is 17.9 Å². The van der Waals surface area contributed by atoms with Crippen LogP contribution in [0.5, 0.6) is 0 Å². The third kappa shape index (κ3) is 2.83. The summed E-state index contributed by atoms with van der Waals surface area (Å²) in [7, 11) is -3.20. The molecule has 0 aromatic heterocycles. The number of hydrogen-bond donors (Lipinski definition) is 1. The Balaban J connectivity index is 1.68. The van der Waals surface area contributed by atoms with Crippen LogP contribution in [0.25, 0.3) is 0 Å². The molecule has 5 atom stereocenters. The van der Waals surface area contributed by atoms with Gasteiger partial charge in [-0.2, -0.15) is 0 Å². The molecule has 148 valence electrons. The maximum atomic E-state index is 11.9. The summed E-state index contributed by atoms with van der Waals surface area (Å²) >= 11 is 0. The van der Waals surface area contributed by atoms with E-state index in [1.165, 1.54) is 6.26 Å². The van der Waals surface area contributed by atoms with Gasteiger partial charge in [-0.15, -0.1) is 0 Å². The van der Waals surface area contributed by atoms with Crippen LogP contribution in [0.3, 0.4) is 0 Å². The van der Waals surface area contributed by atoms with Gasteiger partial charge in [0.1, 0.15) is 0 Å². The summed E-state index contributed by atoms with van der Waals surface area (Å²) in [5.41, 5.74) is 1.20. The second-order valence-corrected chi connectivity index (χ2v) is 11.3. The molecule has 2 saturated carbocycles. The van der Waals surface area contributed by atoms with Crippen molar-refractivity contribution in [3.8, 4) is 0 Å². The largest absolute Gasteiger partial charge is 0.373 e. The fraction of sp³-hybridized carbons (Fsp3) is 0.667. The molecule has 1 aromatic carbocycles. The van der Waals surface area contributed by atoms with Crippen molar-refractivity contribution in [1.82, 2.24) is 5.32 Å². The Kier molecular flexibility index (Phi) is 4.24. The molecule has 4 rings (SSSR count). The first-order valence-electron chi connectivity index (χ1n) is 9.74. The lowest BCUT2D eigenvalue weighted by molar-refractivity contribution is -0.136. The molecule has 27 heavy (non-hydrogen) atoms. The number of sulfone groups is 1. The van der Waals surface area contributed by atoms with Gasteiger partial charge in [-0.3, -0.25) is 4.79 Å². The summed E-state index contributed by atoms with van der Waals surface area (Å²) in [6.45, 7) is 6.85. The van der Waals surface area contributed by atoms with E-state index in [0.717, 1.165) is 24.8 Å². The number of rotatable bonds is 3. The highest BCUT2D eigenvalue weighted by Gasteiger charge is 2.68. The summed E-state index contributed by atoms with van der Waals surface area (Å²) in [6.07, 6.45) is 4.40. The minimum Gasteiger partial charge on any atom is -0.373 e. The number of nitrogens with one attached hydrogen (secondary N) is 1. The van der Waals surface area contributed by atoms with Crippen molar-refractivity contribution in [3.63, 3.8) is 0 Å². The third-order valence-corrected chi connectivity index (χ3v) is 8.62. The topological polar surface area (TPSA) is 72.5 Å². The van der Waals surface area contributed by atoms with Gasteiger partial charge >= 0.3 is 0 Å². The second-order valence-electron chi connectivity index (χ2n) is 9.31. The highest BCUT2D eigenvalue weighted by molar-refractivity contribution is 7.90. The number of ether oxygens (including phenoxy) is 1. The average Bonchev–Trinajstić information content (AvgIpc) is 3.07. The SMILES string of the molecule is CC(=O)N[C@@H]1C(C)(C)[C@@H]2C[C@@H]3[C@@H](c4ccc(S(C)(=O)=O)cc4)OCCC31C2. The predicted molar refractivity (Wildman–Crippen MR) is 103 cm³/mol. The molecule has 1 N–H and O–H groups in total. The molecule has 3 aliphatic rings. The Morgan fingerprint density at radius 1 is 1.22 bits per heavy atom. The third-order valence-electron chi connectivity index (χ3n) is 7.49. The van der Waals surface area contributed by atoms with Crippen molar-refractivity contribution >= 4 is 15.7 Å². The van der Waals surface area contributed by atoms with E-state index in [2.05, 4.69) is 19.2 Å². The number of hydrogen-bond acceptors (Lipinski definition) is 4. The second kappa shape index (κ2) is 6.05. The highest BCUT2D eigenvalue weighted by atomic mass is 32.2. The van der Waals surface area contributed by atoms with E-state index in [-0.39, 0.29) is 28.9 Å². The van der Waals surface area contributed by atoms with Crippen molar-refractivity contribution in [1.29, 1.82) is 0 Å². The van der Waals surface area contributed by atoms with E-state index in [0.29, 0.717) is 23.3 Å². The Morgan fingerprint density at radius 3 is 2.48 bits per heavy atom. The predicted octanol–water partition coefficient (Wildman–Crippen LogP) is 3.11. The first kappa shape index (κ1) is 18.9. The van der Waals surface area contributed by atoms with E-state index in [1.54, 1.807) is 19.1 Å². The van der Waals surface area contributed by atoms with Crippen LogP contribution in [0.1, 0.15) is 51.7 Å². The summed E-state index contributed by atoms with van der Waals surface area (Å²) in [6, 6.07) is 7.30. The van der Waals surface area contributed by atoms with Gasteiger partial charge in [-0.1, -0.05) is 26.0 Å². The van der Waals surface area contributed by atoms with Crippen LogP contribution in [0.4, 0.5) is 0 Å². The Labute approximate surface area is 161 Å². The van der Waals surface area contributed by atoms with Crippen LogP contribution in [0, 0.1) is 22.7 Å². The maximum Gasteiger partial charge on any atom is 0.217 e. The number of amides is 1. The molecule has 6 heteroatoms. The quantitative estimate of drug-likeness (QED) is 0.859. The molecular formula is C21H29NO4S. The minimum atomic E-state index is -3.20. The van der Waals surface area contributed by atoms with E-state index >= 15 is 0 Å². The molecule has 1 aliphatic heterocycles. The zero-order chi connectivity index (χ0) is 19.6. The number of benzene rings is 1. The lowest BCUT2D eigenvalue weighted by Crippen LogP contribution is -2.58. The smallest absolute Gasteiger partial charge is 0.217 e. The lowest BCUT2D eigenvalue weighted by atomic mass is 9.59. The zero-order valence-electron chi connectivity index (χ0n) is 16.5. The molecule has 5 nitrogen and oxygen atoms in total. The van der Waals surface area contributed by atoms with Crippen LogP contribution < -0.4 is 5.32 Å². The van der Waals surface area contributed by atoms with Crippen LogP contribution in [-0.4, -0.2) is 33.2 Å². The Hall–Kier alpha value is -1.40. The molecule has 1 saturated heterocycles. The molecule has 0 radical (unpaired) electrons. The maximum absolute atomic E-state index is 11.9. The Morgan fingerprint density at radius 2 is 1.89 bits per heavy atom. The van der Waals surface area contributed by atoms with Crippen LogP contribution in [0.15, 0.2) is 29.2 Å². The van der Waals surface area contributed by atoms with Gasteiger partial charge in [0.05, 0.1) is 11.0 Å². The van der Waals surface area contributed by atoms with E-state index in [1.807, 2.05) is 12.1 Å². The lowest BCUT2D eigenvalue weighted by Gasteiger charge is -2.53. The standard InChI is InChI=1S/C21H29NO4S/c1-13(23)22-19-20(2,3)15-11-17-18(26-10-9-21(17,19)12-15)14-5-7-16(8-6-14)27(4,24)25/h5-8,15,17-19H,9-12H2,1-4H3,(H,22,23)/t15-,17-,18-,19-,21?/m1/s1. The molecule has 3 fully saturated rings. The fourth-order valence-electron chi connectivity index (χ4n) is 6.23. The van der Waals surface area contributed by atoms with Gasteiger partial charge in [-0.05, 0) is 59.6 Å². The van der Waals surface area contributed by atoms with Gasteiger partial charge in [-0.25, -0.2) is 8.42 Å². The van der Waals surface area contributed by atoms with E-state index < -0.39 is 9.84 Å². The number of carbonyl (C=O) groups excluding carboxylic acids is 1. The van der Waals surface area contributed by atoms with Crippen LogP contribution in [0.2, 0.25) is 0 Å². The molecular weight excluding hydrogens is 362 g/mol. The summed E-state index contributed by atoms with van der Waals surface area (Å²) < 4.78 is 29.7. The first-order valence-corrected chi connectivity index (χ1v) is 11.6. The van der Waals surface area contributed by atoms with Crippen LogP contribution >= 0.6 is 0 Å². The van der Waals surface area contributed by atoms with Crippen LogP contribution in [-0.2, 0) is 19.4 Å². The normalized spacial score (nSPS) is 37.0. The fourth-order valence-corrected chi connectivity index (χ4v) is 6.86. The molecule has 1 aromatic rings. The summed E-state index contributed by atoms with van der Waals surface area (Å²) in [4.78, 5) is 12.3. The zero-order valence-corrected chi connectivity index (χ0v) is 17.3. The van der Waals surface area contributed by atoms with E-state index in [4.69, 9.17) is 4.74 Å². The van der Waals surface area contributed by atoms with Gasteiger partial charge < -0.3 is 10.1 Å². The summed E-state index contributed by atoms with van der Waals surface area (Å²) in [5.74, 6) is 0.957. The first-order chi connectivity index (χ1) is 12.6. The number of carbonyl (C=O) groups is 1. The molecule has 2 aliphatic carbocycles. The van der Waals surface area contributed by atoms with Gasteiger partial charge in [0.15, 0.2) is 9.84 Å². The van der Waals surface area contributed by atoms with Gasteiger partial charge in [0, 0.05) is 25.8 Å². The Bertz CT molecular complexity index is 861. The van der Waals surface area contributed by atoms with Crippen molar-refractivity contribution in [2.24, 2.45) is 22.7 Å². The average molecular weight is 392 g/mol. The van der Waals surface area contributed by atoms with Crippen molar-refractivity contribution in [2.45, 2.75) is 57.1 Å². The molecule has 1 spiro atoms. The van der Waals surface area contributed by atoms with E-state index in [9.17, 15) is 13.2 Å². The monoisotopic (exact) mass is 391 g/mol. The van der Waals surface area contributed by atoms with Gasteiger partial charge in [0.2, 0.25) is 5.91 Å².